The predicted octanol–water partition coefficient (Wildman–Crippen LogP) is 1.10. The van der Waals surface area contributed by atoms with E-state index in [0.29, 0.717) is 11.8 Å². The van der Waals surface area contributed by atoms with Crippen LogP contribution in [0.15, 0.2) is 24.7 Å². The summed E-state index contributed by atoms with van der Waals surface area (Å²) >= 11 is 0. The van der Waals surface area contributed by atoms with Crippen LogP contribution >= 0.6 is 0 Å². The van der Waals surface area contributed by atoms with E-state index in [-0.39, 0.29) is 0 Å². The van der Waals surface area contributed by atoms with Crippen LogP contribution in [0.1, 0.15) is 11.4 Å². The summed E-state index contributed by atoms with van der Waals surface area (Å²) in [5.41, 5.74) is 1.94. The Bertz CT molecular complexity index is 921. The Labute approximate surface area is 145 Å². The topological polar surface area (TPSA) is 75.3 Å². The Balaban J connectivity index is 1.35. The van der Waals surface area contributed by atoms with Crippen LogP contribution < -0.4 is 9.80 Å². The molecule has 2 unspecified atom stereocenters. The summed E-state index contributed by atoms with van der Waals surface area (Å²) < 4.78 is 1.82. The third-order valence-corrected chi connectivity index (χ3v) is 5.38. The fourth-order valence-corrected chi connectivity index (χ4v) is 4.13. The molecule has 0 saturated carbocycles. The molecular weight excluding hydrogens is 316 g/mol. The van der Waals surface area contributed by atoms with Crippen molar-refractivity contribution in [2.24, 2.45) is 11.8 Å². The maximum Gasteiger partial charge on any atom is 0.178 e. The molecule has 128 valence electrons. The highest BCUT2D eigenvalue weighted by Crippen LogP contribution is 2.35. The maximum absolute atomic E-state index is 4.72. The van der Waals surface area contributed by atoms with Crippen molar-refractivity contribution in [2.75, 3.05) is 36.0 Å². The molecule has 0 spiro atoms. The van der Waals surface area contributed by atoms with Crippen molar-refractivity contribution >= 4 is 17.3 Å². The first kappa shape index (κ1) is 14.6. The van der Waals surface area contributed by atoms with Crippen molar-refractivity contribution < 1.29 is 0 Å². The van der Waals surface area contributed by atoms with Crippen molar-refractivity contribution in [3.63, 3.8) is 0 Å². The largest absolute Gasteiger partial charge is 0.356 e. The summed E-state index contributed by atoms with van der Waals surface area (Å²) in [5.74, 6) is 4.20. The zero-order valence-electron chi connectivity index (χ0n) is 14.4. The van der Waals surface area contributed by atoms with Gasteiger partial charge in [-0.1, -0.05) is 0 Å². The minimum Gasteiger partial charge on any atom is -0.356 e. The quantitative estimate of drug-likeness (QED) is 0.694. The average Bonchev–Trinajstić information content (AvgIpc) is 3.28. The van der Waals surface area contributed by atoms with Crippen molar-refractivity contribution in [1.29, 1.82) is 0 Å². The first-order valence-electron chi connectivity index (χ1n) is 8.64. The van der Waals surface area contributed by atoms with Crippen molar-refractivity contribution in [3.05, 3.63) is 36.0 Å². The second-order valence-electron chi connectivity index (χ2n) is 7.07. The van der Waals surface area contributed by atoms with Gasteiger partial charge in [0, 0.05) is 49.8 Å². The zero-order chi connectivity index (χ0) is 17.0. The normalized spacial score (nSPS) is 22.8. The summed E-state index contributed by atoms with van der Waals surface area (Å²) in [7, 11) is 0. The maximum atomic E-state index is 4.72. The molecule has 0 aliphatic carbocycles. The van der Waals surface area contributed by atoms with Gasteiger partial charge in [-0.25, -0.2) is 9.97 Å². The number of aryl methyl sites for hydroxylation is 2. The van der Waals surface area contributed by atoms with E-state index in [1.807, 2.05) is 23.7 Å². The standard InChI is InChI=1S/C17H20N8/c1-11-5-18-10-19-17(11)24-8-13-6-23(7-14(13)9-24)16-4-3-15-21-20-12(2)25(15)22-16/h3-5,10,13-14H,6-9H2,1-2H3. The lowest BCUT2D eigenvalue weighted by Gasteiger charge is -2.23. The van der Waals surface area contributed by atoms with Crippen molar-refractivity contribution in [1.82, 2.24) is 29.8 Å². The van der Waals surface area contributed by atoms with E-state index in [0.717, 1.165) is 54.8 Å². The SMILES string of the molecule is Cc1cncnc1N1CC2CN(c3ccc4nnc(C)n4n3)CC2C1. The number of hydrogen-bond acceptors (Lipinski definition) is 7. The lowest BCUT2D eigenvalue weighted by molar-refractivity contribution is 0.533. The van der Waals surface area contributed by atoms with Gasteiger partial charge in [-0.15, -0.1) is 15.3 Å². The number of anilines is 2. The molecule has 0 bridgehead atoms. The van der Waals surface area contributed by atoms with Gasteiger partial charge in [-0.2, -0.15) is 4.52 Å². The number of hydrogen-bond donors (Lipinski definition) is 0. The van der Waals surface area contributed by atoms with E-state index in [9.17, 15) is 0 Å². The fraction of sp³-hybridized carbons (Fsp3) is 0.471. The number of aromatic nitrogens is 6. The minimum atomic E-state index is 0.647. The highest BCUT2D eigenvalue weighted by atomic mass is 15.4. The van der Waals surface area contributed by atoms with Gasteiger partial charge >= 0.3 is 0 Å². The molecule has 5 rings (SSSR count). The van der Waals surface area contributed by atoms with E-state index < -0.39 is 0 Å². The van der Waals surface area contributed by atoms with Crippen molar-refractivity contribution in [2.45, 2.75) is 13.8 Å². The summed E-state index contributed by atoms with van der Waals surface area (Å²) in [6.07, 6.45) is 3.53. The van der Waals surface area contributed by atoms with E-state index in [1.165, 1.54) is 0 Å². The van der Waals surface area contributed by atoms with Gasteiger partial charge in [-0.3, -0.25) is 0 Å². The molecule has 8 nitrogen and oxygen atoms in total. The van der Waals surface area contributed by atoms with Gasteiger partial charge in [0.1, 0.15) is 18.0 Å². The molecule has 5 heterocycles. The molecule has 8 heteroatoms. The molecular formula is C17H20N8. The molecule has 0 radical (unpaired) electrons. The second-order valence-corrected chi connectivity index (χ2v) is 7.07. The van der Waals surface area contributed by atoms with Crippen LogP contribution in [0.2, 0.25) is 0 Å². The van der Waals surface area contributed by atoms with Gasteiger partial charge in [-0.05, 0) is 26.0 Å². The van der Waals surface area contributed by atoms with E-state index in [1.54, 1.807) is 6.33 Å². The highest BCUT2D eigenvalue weighted by molar-refractivity contribution is 5.49. The molecule has 25 heavy (non-hydrogen) atoms. The van der Waals surface area contributed by atoms with Crippen LogP contribution in [0.25, 0.3) is 5.65 Å². The molecule has 2 atom stereocenters. The molecule has 2 aliphatic rings. The van der Waals surface area contributed by atoms with Crippen LogP contribution in [-0.4, -0.2) is 56.0 Å². The number of fused-ring (bicyclic) bond motifs is 2. The molecule has 0 aromatic carbocycles. The minimum absolute atomic E-state index is 0.647. The van der Waals surface area contributed by atoms with Crippen LogP contribution in [0, 0.1) is 25.7 Å². The average molecular weight is 336 g/mol. The van der Waals surface area contributed by atoms with Gasteiger partial charge in [0.05, 0.1) is 0 Å². The lowest BCUT2D eigenvalue weighted by Crippen LogP contribution is -2.30. The Kier molecular flexibility index (Phi) is 3.13. The smallest absolute Gasteiger partial charge is 0.178 e. The number of rotatable bonds is 2. The van der Waals surface area contributed by atoms with E-state index in [2.05, 4.69) is 43.0 Å². The molecule has 2 aliphatic heterocycles. The molecule has 2 fully saturated rings. The predicted molar refractivity (Wildman–Crippen MR) is 93.7 cm³/mol. The Morgan fingerprint density at radius 1 is 0.960 bits per heavy atom. The van der Waals surface area contributed by atoms with E-state index >= 15 is 0 Å². The monoisotopic (exact) mass is 336 g/mol. The molecule has 0 N–H and O–H groups in total. The van der Waals surface area contributed by atoms with Crippen molar-refractivity contribution in [3.8, 4) is 0 Å². The summed E-state index contributed by atoms with van der Waals surface area (Å²) in [6, 6.07) is 4.05. The van der Waals surface area contributed by atoms with Gasteiger partial charge < -0.3 is 9.80 Å². The molecule has 3 aromatic heterocycles. The molecule has 0 amide bonds. The van der Waals surface area contributed by atoms with Crippen LogP contribution in [0.5, 0.6) is 0 Å². The summed E-state index contributed by atoms with van der Waals surface area (Å²) in [6.45, 7) is 8.17. The molecule has 2 saturated heterocycles. The third-order valence-electron chi connectivity index (χ3n) is 5.38. The zero-order valence-corrected chi connectivity index (χ0v) is 14.4. The Morgan fingerprint density at radius 3 is 2.48 bits per heavy atom. The van der Waals surface area contributed by atoms with Gasteiger partial charge in [0.2, 0.25) is 0 Å². The van der Waals surface area contributed by atoms with Crippen LogP contribution in [-0.2, 0) is 0 Å². The highest BCUT2D eigenvalue weighted by Gasteiger charge is 2.41. The summed E-state index contributed by atoms with van der Waals surface area (Å²) in [4.78, 5) is 13.4. The Morgan fingerprint density at radius 2 is 1.72 bits per heavy atom. The second kappa shape index (κ2) is 5.37. The number of nitrogens with zero attached hydrogens (tertiary/aromatic N) is 8. The van der Waals surface area contributed by atoms with Crippen LogP contribution in [0.3, 0.4) is 0 Å². The summed E-state index contributed by atoms with van der Waals surface area (Å²) in [5, 5.41) is 12.9. The first-order valence-corrected chi connectivity index (χ1v) is 8.64. The first-order chi connectivity index (χ1) is 12.2. The van der Waals surface area contributed by atoms with E-state index in [4.69, 9.17) is 5.10 Å². The Hall–Kier alpha value is -2.77. The van der Waals surface area contributed by atoms with Crippen LogP contribution in [0.4, 0.5) is 11.6 Å². The van der Waals surface area contributed by atoms with Gasteiger partial charge in [0.15, 0.2) is 11.5 Å². The van der Waals surface area contributed by atoms with Gasteiger partial charge in [0.25, 0.3) is 0 Å². The lowest BCUT2D eigenvalue weighted by atomic mass is 10.0. The fourth-order valence-electron chi connectivity index (χ4n) is 4.13. The molecule has 3 aromatic rings. The third kappa shape index (κ3) is 2.32.